The van der Waals surface area contributed by atoms with Gasteiger partial charge in [0, 0.05) is 32.1 Å². The lowest BCUT2D eigenvalue weighted by Crippen LogP contribution is -2.39. The summed E-state index contributed by atoms with van der Waals surface area (Å²) in [7, 11) is -4.01. The normalized spacial score (nSPS) is 16.8. The molecule has 158 valence electrons. The van der Waals surface area contributed by atoms with Crippen LogP contribution in [-0.2, 0) is 14.8 Å². The van der Waals surface area contributed by atoms with Crippen molar-refractivity contribution in [2.45, 2.75) is 23.8 Å². The largest absolute Gasteiger partial charge is 0.353 e. The fourth-order valence-corrected chi connectivity index (χ4v) is 4.42. The van der Waals surface area contributed by atoms with Crippen molar-refractivity contribution >= 4 is 27.4 Å². The minimum atomic E-state index is -4.01. The van der Waals surface area contributed by atoms with Crippen molar-refractivity contribution in [1.82, 2.24) is 29.9 Å². The van der Waals surface area contributed by atoms with Crippen molar-refractivity contribution in [3.05, 3.63) is 48.5 Å². The molecule has 12 heteroatoms. The molecule has 10 nitrogen and oxygen atoms in total. The summed E-state index contributed by atoms with van der Waals surface area (Å²) in [5.74, 6) is -0.351. The number of anilines is 1. The Morgan fingerprint density at radius 3 is 2.90 bits per heavy atom. The highest BCUT2D eigenvalue weighted by Crippen LogP contribution is 2.18. The van der Waals surface area contributed by atoms with Gasteiger partial charge in [0.25, 0.3) is 0 Å². The molecule has 0 radical (unpaired) electrons. The highest BCUT2D eigenvalue weighted by Gasteiger charge is 2.25. The second-order valence-corrected chi connectivity index (χ2v) is 8.64. The predicted molar refractivity (Wildman–Crippen MR) is 106 cm³/mol. The van der Waals surface area contributed by atoms with Gasteiger partial charge < -0.3 is 10.2 Å². The average Bonchev–Trinajstić information content (AvgIpc) is 3.36. The number of carbonyl (C=O) groups excluding carboxylic acids is 1. The van der Waals surface area contributed by atoms with E-state index in [-0.39, 0.29) is 24.9 Å². The number of amides is 1. The summed E-state index contributed by atoms with van der Waals surface area (Å²) in [6, 6.07) is 8.70. The van der Waals surface area contributed by atoms with Crippen molar-refractivity contribution < 1.29 is 17.6 Å². The number of benzene rings is 1. The van der Waals surface area contributed by atoms with Crippen LogP contribution >= 0.6 is 0 Å². The van der Waals surface area contributed by atoms with Gasteiger partial charge in [0.1, 0.15) is 22.9 Å². The molecule has 1 aliphatic heterocycles. The Bertz CT molecular complexity index is 1170. The number of hydrogen-bond donors (Lipinski definition) is 2. The molecule has 0 unspecified atom stereocenters. The van der Waals surface area contributed by atoms with Gasteiger partial charge in [0.15, 0.2) is 5.65 Å². The Morgan fingerprint density at radius 1 is 1.23 bits per heavy atom. The highest BCUT2D eigenvalue weighted by molar-refractivity contribution is 7.89. The SMILES string of the molecule is O=C(CCNS(=O)(=O)c1ccccc1F)N[C@H]1CCN(c2ccc3nncn3n2)C1. The monoisotopic (exact) mass is 433 g/mol. The summed E-state index contributed by atoms with van der Waals surface area (Å²) >= 11 is 0. The van der Waals surface area contributed by atoms with Gasteiger partial charge in [-0.05, 0) is 30.7 Å². The van der Waals surface area contributed by atoms with E-state index in [0.717, 1.165) is 24.8 Å². The van der Waals surface area contributed by atoms with Crippen LogP contribution in [0.5, 0.6) is 0 Å². The molecule has 3 aromatic rings. The lowest BCUT2D eigenvalue weighted by molar-refractivity contribution is -0.121. The van der Waals surface area contributed by atoms with E-state index in [1.807, 2.05) is 17.0 Å². The maximum atomic E-state index is 13.7. The minimum absolute atomic E-state index is 0.0465. The van der Waals surface area contributed by atoms with E-state index in [4.69, 9.17) is 0 Å². The van der Waals surface area contributed by atoms with Crippen LogP contribution in [0.2, 0.25) is 0 Å². The molecular weight excluding hydrogens is 413 g/mol. The van der Waals surface area contributed by atoms with Crippen molar-refractivity contribution in [2.75, 3.05) is 24.5 Å². The number of nitrogens with zero attached hydrogens (tertiary/aromatic N) is 5. The molecule has 2 N–H and O–H groups in total. The molecule has 1 aromatic carbocycles. The van der Waals surface area contributed by atoms with E-state index in [1.54, 1.807) is 4.52 Å². The van der Waals surface area contributed by atoms with Crippen LogP contribution in [-0.4, -0.2) is 59.8 Å². The van der Waals surface area contributed by atoms with Crippen LogP contribution in [0.15, 0.2) is 47.6 Å². The summed E-state index contributed by atoms with van der Waals surface area (Å²) in [5, 5.41) is 15.1. The summed E-state index contributed by atoms with van der Waals surface area (Å²) in [4.78, 5) is 13.8. The van der Waals surface area contributed by atoms with Crippen LogP contribution in [0.4, 0.5) is 10.2 Å². The molecule has 2 aromatic heterocycles. The Hall–Kier alpha value is -3.12. The first-order chi connectivity index (χ1) is 14.4. The number of sulfonamides is 1. The van der Waals surface area contributed by atoms with Crippen LogP contribution in [0, 0.1) is 5.82 Å². The van der Waals surface area contributed by atoms with E-state index >= 15 is 0 Å². The molecule has 0 aliphatic carbocycles. The minimum Gasteiger partial charge on any atom is -0.353 e. The van der Waals surface area contributed by atoms with Gasteiger partial charge in [0.2, 0.25) is 15.9 Å². The second-order valence-electron chi connectivity index (χ2n) is 6.90. The summed E-state index contributed by atoms with van der Waals surface area (Å²) in [6.07, 6.45) is 2.22. The van der Waals surface area contributed by atoms with Gasteiger partial charge in [-0.25, -0.2) is 17.5 Å². The standard InChI is InChI=1S/C18H20FN7O3S/c19-14-3-1-2-4-15(14)30(28,29)21-9-7-18(27)22-13-8-10-25(11-13)17-6-5-16-23-20-12-26(16)24-17/h1-6,12-13,21H,7-11H2,(H,22,27)/t13-/m0/s1. The maximum absolute atomic E-state index is 13.7. The number of carbonyl (C=O) groups is 1. The van der Waals surface area contributed by atoms with Gasteiger partial charge >= 0.3 is 0 Å². The van der Waals surface area contributed by atoms with E-state index < -0.39 is 20.7 Å². The quantitative estimate of drug-likeness (QED) is 0.551. The van der Waals surface area contributed by atoms with E-state index in [9.17, 15) is 17.6 Å². The van der Waals surface area contributed by atoms with Crippen LogP contribution in [0.25, 0.3) is 5.65 Å². The predicted octanol–water partition coefficient (Wildman–Crippen LogP) is 0.327. The highest BCUT2D eigenvalue weighted by atomic mass is 32.2. The average molecular weight is 433 g/mol. The summed E-state index contributed by atoms with van der Waals surface area (Å²) in [6.45, 7) is 1.20. The first-order valence-electron chi connectivity index (χ1n) is 9.38. The molecule has 1 atom stereocenters. The molecule has 3 heterocycles. The Labute approximate surface area is 172 Å². The van der Waals surface area contributed by atoms with Crippen LogP contribution < -0.4 is 14.9 Å². The molecular formula is C18H20FN7O3S. The molecule has 4 rings (SSSR count). The van der Waals surface area contributed by atoms with Gasteiger partial charge in [-0.1, -0.05) is 12.1 Å². The first-order valence-corrected chi connectivity index (χ1v) is 10.9. The van der Waals surface area contributed by atoms with Crippen molar-refractivity contribution in [3.63, 3.8) is 0 Å². The molecule has 1 fully saturated rings. The smallest absolute Gasteiger partial charge is 0.243 e. The zero-order valence-electron chi connectivity index (χ0n) is 15.9. The van der Waals surface area contributed by atoms with Crippen molar-refractivity contribution in [1.29, 1.82) is 0 Å². The number of halogens is 1. The zero-order valence-corrected chi connectivity index (χ0v) is 16.7. The fraction of sp³-hybridized carbons (Fsp3) is 0.333. The number of rotatable bonds is 7. The van der Waals surface area contributed by atoms with Gasteiger partial charge in [-0.2, -0.15) is 4.52 Å². The molecule has 1 amide bonds. The molecule has 0 saturated carbocycles. The fourth-order valence-electron chi connectivity index (χ4n) is 3.31. The lowest BCUT2D eigenvalue weighted by atomic mass is 10.2. The number of fused-ring (bicyclic) bond motifs is 1. The lowest BCUT2D eigenvalue weighted by Gasteiger charge is -2.17. The van der Waals surface area contributed by atoms with Gasteiger partial charge in [0.05, 0.1) is 0 Å². The Morgan fingerprint density at radius 2 is 2.07 bits per heavy atom. The number of aromatic nitrogens is 4. The molecule has 1 aliphatic rings. The van der Waals surface area contributed by atoms with E-state index in [1.165, 1.54) is 24.5 Å². The third-order valence-electron chi connectivity index (χ3n) is 4.80. The van der Waals surface area contributed by atoms with E-state index in [0.29, 0.717) is 12.2 Å². The third kappa shape index (κ3) is 4.39. The van der Waals surface area contributed by atoms with Crippen LogP contribution in [0.1, 0.15) is 12.8 Å². The van der Waals surface area contributed by atoms with E-state index in [2.05, 4.69) is 25.3 Å². The Balaban J connectivity index is 1.26. The van der Waals surface area contributed by atoms with Crippen LogP contribution in [0.3, 0.4) is 0 Å². The maximum Gasteiger partial charge on any atom is 0.243 e. The summed E-state index contributed by atoms with van der Waals surface area (Å²) < 4.78 is 41.8. The zero-order chi connectivity index (χ0) is 21.1. The first kappa shape index (κ1) is 20.2. The third-order valence-corrected chi connectivity index (χ3v) is 6.29. The Kier molecular flexibility index (Phi) is 5.59. The molecule has 30 heavy (non-hydrogen) atoms. The molecule has 0 spiro atoms. The second kappa shape index (κ2) is 8.32. The topological polar surface area (TPSA) is 122 Å². The summed E-state index contributed by atoms with van der Waals surface area (Å²) in [5.41, 5.74) is 0.653. The number of hydrogen-bond acceptors (Lipinski definition) is 7. The molecule has 1 saturated heterocycles. The number of nitrogens with one attached hydrogen (secondary N) is 2. The van der Waals surface area contributed by atoms with Gasteiger partial charge in [-0.15, -0.1) is 15.3 Å². The van der Waals surface area contributed by atoms with Gasteiger partial charge in [-0.3, -0.25) is 4.79 Å². The molecule has 0 bridgehead atoms. The van der Waals surface area contributed by atoms with Crippen molar-refractivity contribution in [2.24, 2.45) is 0 Å². The van der Waals surface area contributed by atoms with Crippen molar-refractivity contribution in [3.8, 4) is 0 Å².